The third kappa shape index (κ3) is 3.02. The molecule has 0 bridgehead atoms. The molecular formula is C16H16BrFO2. The zero-order valence-corrected chi connectivity index (χ0v) is 12.9. The molecule has 0 heterocycles. The molecule has 0 spiro atoms. The average molecular weight is 339 g/mol. The zero-order valence-electron chi connectivity index (χ0n) is 11.4. The maximum absolute atomic E-state index is 14.1. The van der Waals surface area contributed by atoms with E-state index in [1.54, 1.807) is 37.3 Å². The van der Waals surface area contributed by atoms with Crippen molar-refractivity contribution in [2.75, 3.05) is 6.61 Å². The number of aliphatic hydroxyl groups is 1. The van der Waals surface area contributed by atoms with Crippen LogP contribution in [0.5, 0.6) is 5.75 Å². The van der Waals surface area contributed by atoms with Crippen LogP contribution in [-0.4, -0.2) is 11.7 Å². The molecule has 0 aliphatic rings. The summed E-state index contributed by atoms with van der Waals surface area (Å²) in [7, 11) is 0. The van der Waals surface area contributed by atoms with Crippen LogP contribution in [0.2, 0.25) is 0 Å². The van der Waals surface area contributed by atoms with Gasteiger partial charge in [-0.2, -0.15) is 0 Å². The molecule has 2 rings (SSSR count). The van der Waals surface area contributed by atoms with E-state index in [0.29, 0.717) is 23.5 Å². The Hall–Kier alpha value is -1.39. The quantitative estimate of drug-likeness (QED) is 0.896. The van der Waals surface area contributed by atoms with E-state index >= 15 is 0 Å². The van der Waals surface area contributed by atoms with Gasteiger partial charge in [0.1, 0.15) is 17.7 Å². The molecule has 1 N–H and O–H groups in total. The standard InChI is InChI=1S/C16H16BrFO2/c1-3-20-14-8-7-11(17)9-13(14)16(19)12-6-4-5-10(2)15(12)18/h4-9,16,19H,3H2,1-2H3. The van der Waals surface area contributed by atoms with E-state index in [9.17, 15) is 9.50 Å². The second-order valence-corrected chi connectivity index (χ2v) is 5.41. The van der Waals surface area contributed by atoms with Crippen LogP contribution >= 0.6 is 15.9 Å². The third-order valence-corrected chi connectivity index (χ3v) is 3.58. The van der Waals surface area contributed by atoms with Gasteiger partial charge in [-0.15, -0.1) is 0 Å². The first kappa shape index (κ1) is 15.0. The molecule has 4 heteroatoms. The average Bonchev–Trinajstić information content (AvgIpc) is 2.43. The fraction of sp³-hybridized carbons (Fsp3) is 0.250. The monoisotopic (exact) mass is 338 g/mol. The van der Waals surface area contributed by atoms with E-state index in [2.05, 4.69) is 15.9 Å². The maximum Gasteiger partial charge on any atom is 0.132 e. The van der Waals surface area contributed by atoms with Crippen LogP contribution in [-0.2, 0) is 0 Å². The van der Waals surface area contributed by atoms with Crippen molar-refractivity contribution >= 4 is 15.9 Å². The number of rotatable bonds is 4. The number of aryl methyl sites for hydroxylation is 1. The Labute approximate surface area is 126 Å². The van der Waals surface area contributed by atoms with Crippen molar-refractivity contribution in [3.05, 3.63) is 63.4 Å². The van der Waals surface area contributed by atoms with Gasteiger partial charge in [0, 0.05) is 15.6 Å². The number of halogens is 2. The molecule has 2 nitrogen and oxygen atoms in total. The molecule has 0 amide bonds. The van der Waals surface area contributed by atoms with E-state index in [0.717, 1.165) is 4.47 Å². The number of aliphatic hydroxyl groups excluding tert-OH is 1. The molecule has 2 aromatic carbocycles. The van der Waals surface area contributed by atoms with Gasteiger partial charge in [-0.1, -0.05) is 34.1 Å². The van der Waals surface area contributed by atoms with Gasteiger partial charge in [-0.3, -0.25) is 0 Å². The molecule has 0 aromatic heterocycles. The Bertz CT molecular complexity index is 613. The van der Waals surface area contributed by atoms with Crippen LogP contribution in [0, 0.1) is 12.7 Å². The summed E-state index contributed by atoms with van der Waals surface area (Å²) < 4.78 is 20.5. The third-order valence-electron chi connectivity index (χ3n) is 3.08. The SMILES string of the molecule is CCOc1ccc(Br)cc1C(O)c1cccc(C)c1F. The predicted molar refractivity (Wildman–Crippen MR) is 80.5 cm³/mol. The molecule has 0 aliphatic heterocycles. The first-order chi connectivity index (χ1) is 9.54. The molecule has 0 saturated heterocycles. The van der Waals surface area contributed by atoms with Gasteiger partial charge >= 0.3 is 0 Å². The summed E-state index contributed by atoms with van der Waals surface area (Å²) in [5.74, 6) is 0.173. The Kier molecular flexibility index (Phi) is 4.78. The van der Waals surface area contributed by atoms with Gasteiger partial charge in [0.05, 0.1) is 6.61 Å². The Balaban J connectivity index is 2.49. The van der Waals surface area contributed by atoms with Crippen molar-refractivity contribution in [2.24, 2.45) is 0 Å². The van der Waals surface area contributed by atoms with Crippen LogP contribution in [0.1, 0.15) is 29.7 Å². The lowest BCUT2D eigenvalue weighted by Gasteiger charge is -2.17. The van der Waals surface area contributed by atoms with Gasteiger partial charge in [0.2, 0.25) is 0 Å². The first-order valence-corrected chi connectivity index (χ1v) is 7.19. The first-order valence-electron chi connectivity index (χ1n) is 6.40. The summed E-state index contributed by atoms with van der Waals surface area (Å²) in [5, 5.41) is 10.5. The second-order valence-electron chi connectivity index (χ2n) is 4.50. The zero-order chi connectivity index (χ0) is 14.7. The smallest absolute Gasteiger partial charge is 0.132 e. The normalized spacial score (nSPS) is 12.2. The second kappa shape index (κ2) is 6.37. The topological polar surface area (TPSA) is 29.5 Å². The minimum absolute atomic E-state index is 0.254. The highest BCUT2D eigenvalue weighted by Gasteiger charge is 2.20. The summed E-state index contributed by atoms with van der Waals surface area (Å²) in [6, 6.07) is 10.3. The molecule has 0 radical (unpaired) electrons. The Morgan fingerprint density at radius 3 is 2.70 bits per heavy atom. The lowest BCUT2D eigenvalue weighted by molar-refractivity contribution is 0.207. The van der Waals surface area contributed by atoms with Gasteiger partial charge < -0.3 is 9.84 Å². The molecule has 0 aliphatic carbocycles. The Morgan fingerprint density at radius 1 is 1.25 bits per heavy atom. The van der Waals surface area contributed by atoms with Crippen LogP contribution in [0.15, 0.2) is 40.9 Å². The largest absolute Gasteiger partial charge is 0.493 e. The molecule has 106 valence electrons. The maximum atomic E-state index is 14.1. The van der Waals surface area contributed by atoms with Crippen LogP contribution in [0.4, 0.5) is 4.39 Å². The molecular weight excluding hydrogens is 323 g/mol. The number of ether oxygens (including phenoxy) is 1. The molecule has 0 fully saturated rings. The molecule has 20 heavy (non-hydrogen) atoms. The summed E-state index contributed by atoms with van der Waals surface area (Å²) in [4.78, 5) is 0. The highest BCUT2D eigenvalue weighted by molar-refractivity contribution is 9.10. The van der Waals surface area contributed by atoms with Gasteiger partial charge in [-0.25, -0.2) is 4.39 Å². The number of hydrogen-bond donors (Lipinski definition) is 1. The van der Waals surface area contributed by atoms with E-state index in [1.807, 2.05) is 13.0 Å². The van der Waals surface area contributed by atoms with Crippen molar-refractivity contribution in [1.82, 2.24) is 0 Å². The van der Waals surface area contributed by atoms with Gasteiger partial charge in [0.25, 0.3) is 0 Å². The van der Waals surface area contributed by atoms with Crippen LogP contribution in [0.3, 0.4) is 0 Å². The Morgan fingerprint density at radius 2 is 2.00 bits per heavy atom. The van der Waals surface area contributed by atoms with E-state index in [-0.39, 0.29) is 11.4 Å². The molecule has 1 atom stereocenters. The predicted octanol–water partition coefficient (Wildman–Crippen LogP) is 4.38. The highest BCUT2D eigenvalue weighted by Crippen LogP contribution is 2.34. The lowest BCUT2D eigenvalue weighted by Crippen LogP contribution is -2.07. The van der Waals surface area contributed by atoms with Crippen LogP contribution in [0.25, 0.3) is 0 Å². The van der Waals surface area contributed by atoms with Crippen molar-refractivity contribution < 1.29 is 14.2 Å². The van der Waals surface area contributed by atoms with Crippen molar-refractivity contribution in [2.45, 2.75) is 20.0 Å². The van der Waals surface area contributed by atoms with Crippen LogP contribution < -0.4 is 4.74 Å². The minimum atomic E-state index is -1.06. The minimum Gasteiger partial charge on any atom is -0.493 e. The molecule has 2 aromatic rings. The fourth-order valence-electron chi connectivity index (χ4n) is 2.07. The fourth-order valence-corrected chi connectivity index (χ4v) is 2.45. The summed E-state index contributed by atoms with van der Waals surface area (Å²) in [6.07, 6.45) is -1.06. The summed E-state index contributed by atoms with van der Waals surface area (Å²) >= 11 is 3.36. The summed E-state index contributed by atoms with van der Waals surface area (Å²) in [5.41, 5.74) is 1.31. The molecule has 1 unspecified atom stereocenters. The van der Waals surface area contributed by atoms with E-state index < -0.39 is 6.10 Å². The van der Waals surface area contributed by atoms with E-state index in [1.165, 1.54) is 0 Å². The van der Waals surface area contributed by atoms with Crippen molar-refractivity contribution in [3.63, 3.8) is 0 Å². The van der Waals surface area contributed by atoms with Gasteiger partial charge in [0.15, 0.2) is 0 Å². The van der Waals surface area contributed by atoms with Crippen molar-refractivity contribution in [1.29, 1.82) is 0 Å². The highest BCUT2D eigenvalue weighted by atomic mass is 79.9. The molecule has 0 saturated carbocycles. The number of benzene rings is 2. The van der Waals surface area contributed by atoms with Gasteiger partial charge in [-0.05, 0) is 37.6 Å². The van der Waals surface area contributed by atoms with Crippen molar-refractivity contribution in [3.8, 4) is 5.75 Å². The van der Waals surface area contributed by atoms with E-state index in [4.69, 9.17) is 4.74 Å². The number of hydrogen-bond acceptors (Lipinski definition) is 2. The summed E-state index contributed by atoms with van der Waals surface area (Å²) in [6.45, 7) is 4.03. The lowest BCUT2D eigenvalue weighted by atomic mass is 9.98.